The Morgan fingerprint density at radius 3 is 2.76 bits per heavy atom. The van der Waals surface area contributed by atoms with Crippen LogP contribution in [-0.2, 0) is 9.53 Å². The summed E-state index contributed by atoms with van der Waals surface area (Å²) in [6, 6.07) is 10.3. The maximum Gasteiger partial charge on any atom is 0.226 e. The molecule has 3 heteroatoms. The zero-order chi connectivity index (χ0) is 14.7. The molecule has 1 saturated heterocycles. The van der Waals surface area contributed by atoms with E-state index in [-0.39, 0.29) is 18.1 Å². The molecule has 1 aliphatic carbocycles. The van der Waals surface area contributed by atoms with Crippen LogP contribution in [0.3, 0.4) is 0 Å². The van der Waals surface area contributed by atoms with Gasteiger partial charge in [0.05, 0.1) is 18.8 Å². The second-order valence-corrected chi connectivity index (χ2v) is 6.04. The predicted molar refractivity (Wildman–Crippen MR) is 82.8 cm³/mol. The molecule has 0 aromatic heterocycles. The van der Waals surface area contributed by atoms with Gasteiger partial charge in [-0.25, -0.2) is 0 Å². The summed E-state index contributed by atoms with van der Waals surface area (Å²) in [5.41, 5.74) is 1.17. The van der Waals surface area contributed by atoms with Crippen LogP contribution in [0.25, 0.3) is 0 Å². The van der Waals surface area contributed by atoms with Crippen molar-refractivity contribution in [3.05, 3.63) is 48.0 Å². The van der Waals surface area contributed by atoms with Crippen molar-refractivity contribution >= 4 is 5.91 Å². The largest absolute Gasteiger partial charge is 0.374 e. The Morgan fingerprint density at radius 2 is 2.05 bits per heavy atom. The monoisotopic (exact) mass is 285 g/mol. The smallest absolute Gasteiger partial charge is 0.226 e. The first-order chi connectivity index (χ1) is 10.3. The zero-order valence-corrected chi connectivity index (χ0v) is 12.6. The van der Waals surface area contributed by atoms with Gasteiger partial charge in [-0.2, -0.15) is 0 Å². The third-order valence-electron chi connectivity index (χ3n) is 4.45. The first-order valence-corrected chi connectivity index (χ1v) is 7.87. The van der Waals surface area contributed by atoms with Crippen LogP contribution in [0, 0.1) is 5.92 Å². The van der Waals surface area contributed by atoms with Gasteiger partial charge in [0.1, 0.15) is 0 Å². The van der Waals surface area contributed by atoms with E-state index in [0.29, 0.717) is 19.1 Å². The summed E-state index contributed by atoms with van der Waals surface area (Å²) in [5.74, 6) is 0.440. The second kappa shape index (κ2) is 6.44. The van der Waals surface area contributed by atoms with Crippen molar-refractivity contribution < 1.29 is 9.53 Å². The van der Waals surface area contributed by atoms with Crippen LogP contribution in [0.4, 0.5) is 0 Å². The van der Waals surface area contributed by atoms with E-state index in [2.05, 4.69) is 24.3 Å². The van der Waals surface area contributed by atoms with Crippen LogP contribution in [0.5, 0.6) is 0 Å². The first-order valence-electron chi connectivity index (χ1n) is 7.87. The molecule has 1 heterocycles. The molecule has 3 nitrogen and oxygen atoms in total. The number of hydrogen-bond donors (Lipinski definition) is 0. The number of allylic oxidation sites excluding steroid dienone is 2. The summed E-state index contributed by atoms with van der Waals surface area (Å²) in [6.45, 7) is 3.33. The topological polar surface area (TPSA) is 29.5 Å². The minimum atomic E-state index is 0.0563. The number of rotatable bonds is 2. The molecule has 1 aliphatic heterocycles. The lowest BCUT2D eigenvalue weighted by atomic mass is 9.91. The average molecular weight is 285 g/mol. The van der Waals surface area contributed by atoms with Gasteiger partial charge in [-0.05, 0) is 31.7 Å². The van der Waals surface area contributed by atoms with Gasteiger partial charge in [-0.1, -0.05) is 42.5 Å². The molecule has 0 bridgehead atoms. The summed E-state index contributed by atoms with van der Waals surface area (Å²) in [6.07, 6.45) is 7.32. The van der Waals surface area contributed by atoms with Crippen molar-refractivity contribution in [1.82, 2.24) is 4.90 Å². The lowest BCUT2D eigenvalue weighted by Gasteiger charge is -2.40. The Balaban J connectivity index is 1.81. The molecule has 1 fully saturated rings. The zero-order valence-electron chi connectivity index (χ0n) is 12.6. The molecule has 112 valence electrons. The molecule has 3 atom stereocenters. The number of ether oxygens (including phenoxy) is 1. The van der Waals surface area contributed by atoms with E-state index in [1.165, 1.54) is 5.56 Å². The van der Waals surface area contributed by atoms with Crippen molar-refractivity contribution in [3.63, 3.8) is 0 Å². The predicted octanol–water partition coefficient (Wildman–Crippen LogP) is 3.33. The van der Waals surface area contributed by atoms with Gasteiger partial charge >= 0.3 is 0 Å². The summed E-state index contributed by atoms with van der Waals surface area (Å²) in [5, 5.41) is 0. The van der Waals surface area contributed by atoms with E-state index in [1.54, 1.807) is 0 Å². The van der Waals surface area contributed by atoms with Crippen LogP contribution < -0.4 is 0 Å². The Morgan fingerprint density at radius 1 is 1.24 bits per heavy atom. The van der Waals surface area contributed by atoms with Gasteiger partial charge < -0.3 is 9.64 Å². The lowest BCUT2D eigenvalue weighted by molar-refractivity contribution is -0.149. The van der Waals surface area contributed by atoms with Crippen molar-refractivity contribution in [2.24, 2.45) is 5.92 Å². The normalized spacial score (nSPS) is 29.4. The molecular formula is C18H23NO2. The molecule has 2 aliphatic rings. The minimum absolute atomic E-state index is 0.0563. The SMILES string of the molecule is C[C@@H]1CN(C(=O)[C@@H]2CC=CCC2)[C@@H](c2ccccc2)CO1. The Hall–Kier alpha value is -1.61. The highest BCUT2D eigenvalue weighted by molar-refractivity contribution is 5.80. The van der Waals surface area contributed by atoms with Gasteiger partial charge in [0.15, 0.2) is 0 Å². The Labute approximate surface area is 126 Å². The van der Waals surface area contributed by atoms with E-state index in [4.69, 9.17) is 4.74 Å². The van der Waals surface area contributed by atoms with Gasteiger partial charge in [-0.3, -0.25) is 4.79 Å². The lowest BCUT2D eigenvalue weighted by Crippen LogP contribution is -2.49. The summed E-state index contributed by atoms with van der Waals surface area (Å²) in [4.78, 5) is 15.0. The fourth-order valence-corrected chi connectivity index (χ4v) is 3.25. The molecule has 0 unspecified atom stereocenters. The number of carbonyl (C=O) groups is 1. The number of amides is 1. The van der Waals surface area contributed by atoms with E-state index >= 15 is 0 Å². The molecule has 0 saturated carbocycles. The molecule has 0 radical (unpaired) electrons. The van der Waals surface area contributed by atoms with Crippen LogP contribution in [0.15, 0.2) is 42.5 Å². The number of nitrogens with zero attached hydrogens (tertiary/aromatic N) is 1. The van der Waals surface area contributed by atoms with E-state index in [9.17, 15) is 4.79 Å². The maximum atomic E-state index is 12.9. The van der Waals surface area contributed by atoms with Gasteiger partial charge in [0.2, 0.25) is 5.91 Å². The van der Waals surface area contributed by atoms with Crippen LogP contribution in [0.1, 0.15) is 37.8 Å². The highest BCUT2D eigenvalue weighted by atomic mass is 16.5. The van der Waals surface area contributed by atoms with Crippen LogP contribution in [0.2, 0.25) is 0 Å². The summed E-state index contributed by atoms with van der Waals surface area (Å²) in [7, 11) is 0. The number of morpholine rings is 1. The van der Waals surface area contributed by atoms with Crippen molar-refractivity contribution in [2.75, 3.05) is 13.2 Å². The highest BCUT2D eigenvalue weighted by Crippen LogP contribution is 2.30. The number of carbonyl (C=O) groups excluding carboxylic acids is 1. The van der Waals surface area contributed by atoms with E-state index in [1.807, 2.05) is 30.0 Å². The van der Waals surface area contributed by atoms with E-state index in [0.717, 1.165) is 19.3 Å². The standard InChI is InChI=1S/C18H23NO2/c1-14-12-19(18(20)16-10-6-3-7-11-16)17(13-21-14)15-8-4-2-5-9-15/h2-6,8-9,14,16-17H,7,10-13H2,1H3/t14-,16-,17-/m1/s1. The second-order valence-electron chi connectivity index (χ2n) is 6.04. The third kappa shape index (κ3) is 3.18. The Kier molecular flexibility index (Phi) is 4.39. The number of benzene rings is 1. The average Bonchev–Trinajstić information content (AvgIpc) is 2.56. The van der Waals surface area contributed by atoms with Crippen LogP contribution >= 0.6 is 0 Å². The molecule has 3 rings (SSSR count). The third-order valence-corrected chi connectivity index (χ3v) is 4.45. The van der Waals surface area contributed by atoms with Crippen molar-refractivity contribution in [1.29, 1.82) is 0 Å². The molecule has 21 heavy (non-hydrogen) atoms. The number of hydrogen-bond acceptors (Lipinski definition) is 2. The van der Waals surface area contributed by atoms with Gasteiger partial charge in [0, 0.05) is 12.5 Å². The quantitative estimate of drug-likeness (QED) is 0.780. The summed E-state index contributed by atoms with van der Waals surface area (Å²) >= 11 is 0. The highest BCUT2D eigenvalue weighted by Gasteiger charge is 2.34. The summed E-state index contributed by atoms with van der Waals surface area (Å²) < 4.78 is 5.80. The minimum Gasteiger partial charge on any atom is -0.374 e. The molecule has 1 aromatic carbocycles. The molecular weight excluding hydrogens is 262 g/mol. The molecule has 1 amide bonds. The molecule has 0 spiro atoms. The van der Waals surface area contributed by atoms with Crippen molar-refractivity contribution in [2.45, 2.75) is 38.3 Å². The molecule has 0 N–H and O–H groups in total. The van der Waals surface area contributed by atoms with Gasteiger partial charge in [-0.15, -0.1) is 0 Å². The first kappa shape index (κ1) is 14.3. The van der Waals surface area contributed by atoms with Crippen molar-refractivity contribution in [3.8, 4) is 0 Å². The van der Waals surface area contributed by atoms with Gasteiger partial charge in [0.25, 0.3) is 0 Å². The maximum absolute atomic E-state index is 12.9. The van der Waals surface area contributed by atoms with E-state index < -0.39 is 0 Å². The molecule has 1 aromatic rings. The Bertz CT molecular complexity index is 511. The van der Waals surface area contributed by atoms with Crippen LogP contribution in [-0.4, -0.2) is 30.1 Å². The fourth-order valence-electron chi connectivity index (χ4n) is 3.25. The fraction of sp³-hybridized carbons (Fsp3) is 0.500.